The van der Waals surface area contributed by atoms with E-state index in [0.29, 0.717) is 27.6 Å². The van der Waals surface area contributed by atoms with Crippen molar-refractivity contribution in [2.24, 2.45) is 0 Å². The van der Waals surface area contributed by atoms with Crippen molar-refractivity contribution in [1.82, 2.24) is 14.5 Å². The molecule has 2 aromatic heterocycles. The van der Waals surface area contributed by atoms with Crippen LogP contribution in [-0.2, 0) is 0 Å². The highest BCUT2D eigenvalue weighted by Crippen LogP contribution is 2.21. The maximum Gasteiger partial charge on any atom is 0.267 e. The summed E-state index contributed by atoms with van der Waals surface area (Å²) in [4.78, 5) is 21.9. The van der Waals surface area contributed by atoms with Crippen LogP contribution >= 0.6 is 23.4 Å². The molecule has 0 spiro atoms. The maximum atomic E-state index is 12.9. The molecular weight excluding hydrogens is 330 g/mol. The van der Waals surface area contributed by atoms with E-state index in [2.05, 4.69) is 9.97 Å². The fraction of sp³-hybridized carbons (Fsp3) is 0.118. The van der Waals surface area contributed by atoms with E-state index in [1.165, 1.54) is 17.3 Å². The molecule has 0 aliphatic heterocycles. The van der Waals surface area contributed by atoms with E-state index >= 15 is 0 Å². The SMILES string of the molecule is Cc1ccnc(-n2c(SC/C=C/Cl)nc3ccccc3c2=O)c1. The summed E-state index contributed by atoms with van der Waals surface area (Å²) in [6, 6.07) is 11.1. The molecule has 0 unspecified atom stereocenters. The third kappa shape index (κ3) is 3.30. The van der Waals surface area contributed by atoms with Crippen LogP contribution in [0.1, 0.15) is 5.56 Å². The predicted molar refractivity (Wildman–Crippen MR) is 95.6 cm³/mol. The molecule has 0 fully saturated rings. The fourth-order valence-corrected chi connectivity index (χ4v) is 3.22. The van der Waals surface area contributed by atoms with Gasteiger partial charge in [0.25, 0.3) is 5.56 Å². The Labute approximate surface area is 142 Å². The van der Waals surface area contributed by atoms with Crippen molar-refractivity contribution in [2.45, 2.75) is 12.1 Å². The summed E-state index contributed by atoms with van der Waals surface area (Å²) in [6.45, 7) is 1.97. The molecule has 0 saturated carbocycles. The molecule has 0 bridgehead atoms. The van der Waals surface area contributed by atoms with Crippen molar-refractivity contribution in [2.75, 3.05) is 5.75 Å². The molecule has 3 rings (SSSR count). The maximum absolute atomic E-state index is 12.9. The Kier molecular flexibility index (Phi) is 4.79. The van der Waals surface area contributed by atoms with E-state index in [1.54, 1.807) is 16.8 Å². The number of benzene rings is 1. The first kappa shape index (κ1) is 15.8. The summed E-state index contributed by atoms with van der Waals surface area (Å²) in [5.74, 6) is 1.20. The first-order chi connectivity index (χ1) is 11.2. The zero-order valence-corrected chi connectivity index (χ0v) is 14.0. The van der Waals surface area contributed by atoms with Gasteiger partial charge in [-0.2, -0.15) is 0 Å². The zero-order chi connectivity index (χ0) is 16.2. The highest BCUT2D eigenvalue weighted by molar-refractivity contribution is 7.99. The minimum Gasteiger partial charge on any atom is -0.268 e. The molecule has 0 atom stereocenters. The minimum atomic E-state index is -0.119. The Morgan fingerprint density at radius 1 is 1.30 bits per heavy atom. The zero-order valence-electron chi connectivity index (χ0n) is 12.4. The quantitative estimate of drug-likeness (QED) is 0.532. The molecular formula is C17H14ClN3OS. The summed E-state index contributed by atoms with van der Waals surface area (Å²) in [6.07, 6.45) is 3.50. The molecule has 0 aliphatic carbocycles. The number of pyridine rings is 1. The molecule has 0 N–H and O–H groups in total. The van der Waals surface area contributed by atoms with E-state index in [4.69, 9.17) is 11.6 Å². The lowest BCUT2D eigenvalue weighted by molar-refractivity contribution is 0.795. The van der Waals surface area contributed by atoms with E-state index in [-0.39, 0.29) is 5.56 Å². The lowest BCUT2D eigenvalue weighted by atomic mass is 10.2. The van der Waals surface area contributed by atoms with Crippen LogP contribution in [-0.4, -0.2) is 20.3 Å². The van der Waals surface area contributed by atoms with E-state index < -0.39 is 0 Å². The molecule has 0 radical (unpaired) electrons. The van der Waals surface area contributed by atoms with Gasteiger partial charge in [0.05, 0.1) is 10.9 Å². The molecule has 2 heterocycles. The lowest BCUT2D eigenvalue weighted by Crippen LogP contribution is -2.22. The Morgan fingerprint density at radius 2 is 2.13 bits per heavy atom. The molecule has 0 amide bonds. The van der Waals surface area contributed by atoms with Crippen LogP contribution in [0.3, 0.4) is 0 Å². The number of nitrogens with zero attached hydrogens (tertiary/aromatic N) is 3. The molecule has 3 aromatic rings. The van der Waals surface area contributed by atoms with Gasteiger partial charge in [0.1, 0.15) is 5.82 Å². The van der Waals surface area contributed by atoms with E-state index in [1.807, 2.05) is 43.3 Å². The van der Waals surface area contributed by atoms with Crippen molar-refractivity contribution in [3.05, 3.63) is 70.1 Å². The summed E-state index contributed by atoms with van der Waals surface area (Å²) in [5, 5.41) is 1.18. The number of fused-ring (bicyclic) bond motifs is 1. The number of thioether (sulfide) groups is 1. The predicted octanol–water partition coefficient (Wildman–Crippen LogP) is 3.93. The molecule has 116 valence electrons. The van der Waals surface area contributed by atoms with Crippen LogP contribution in [0.2, 0.25) is 0 Å². The van der Waals surface area contributed by atoms with Crippen molar-refractivity contribution in [3.63, 3.8) is 0 Å². The smallest absolute Gasteiger partial charge is 0.267 e. The van der Waals surface area contributed by atoms with Crippen molar-refractivity contribution >= 4 is 34.3 Å². The topological polar surface area (TPSA) is 47.8 Å². The average molecular weight is 344 g/mol. The van der Waals surface area contributed by atoms with Gasteiger partial charge in [0.2, 0.25) is 0 Å². The molecule has 0 saturated heterocycles. The Bertz CT molecular complexity index is 937. The second kappa shape index (κ2) is 6.98. The largest absolute Gasteiger partial charge is 0.268 e. The second-order valence-electron chi connectivity index (χ2n) is 4.92. The van der Waals surface area contributed by atoms with Gasteiger partial charge in [-0.25, -0.2) is 14.5 Å². The summed E-state index contributed by atoms with van der Waals surface area (Å²) < 4.78 is 1.56. The van der Waals surface area contributed by atoms with Gasteiger partial charge >= 0.3 is 0 Å². The van der Waals surface area contributed by atoms with Crippen LogP contribution in [0.25, 0.3) is 16.7 Å². The first-order valence-corrected chi connectivity index (χ1v) is 8.46. The molecule has 1 aromatic carbocycles. The lowest BCUT2D eigenvalue weighted by Gasteiger charge is -2.12. The number of para-hydroxylation sites is 1. The molecule has 23 heavy (non-hydrogen) atoms. The van der Waals surface area contributed by atoms with Gasteiger partial charge in [-0.05, 0) is 36.8 Å². The van der Waals surface area contributed by atoms with Gasteiger partial charge in [-0.1, -0.05) is 41.6 Å². The monoisotopic (exact) mass is 343 g/mol. The normalized spacial score (nSPS) is 11.4. The molecule has 4 nitrogen and oxygen atoms in total. The number of hydrogen-bond donors (Lipinski definition) is 0. The summed E-state index contributed by atoms with van der Waals surface area (Å²) >= 11 is 7.02. The number of aromatic nitrogens is 3. The number of hydrogen-bond acceptors (Lipinski definition) is 4. The van der Waals surface area contributed by atoms with Crippen molar-refractivity contribution in [3.8, 4) is 5.82 Å². The third-order valence-corrected chi connectivity index (χ3v) is 4.34. The minimum absolute atomic E-state index is 0.119. The number of halogens is 1. The Hall–Kier alpha value is -2.11. The van der Waals surface area contributed by atoms with Gasteiger partial charge in [-0.15, -0.1) is 0 Å². The van der Waals surface area contributed by atoms with E-state index in [0.717, 1.165) is 5.56 Å². The van der Waals surface area contributed by atoms with Gasteiger partial charge < -0.3 is 0 Å². The molecule has 6 heteroatoms. The fourth-order valence-electron chi connectivity index (χ4n) is 2.21. The second-order valence-corrected chi connectivity index (χ2v) is 6.16. The van der Waals surface area contributed by atoms with Crippen LogP contribution in [0.15, 0.2) is 64.2 Å². The summed E-state index contributed by atoms with van der Waals surface area (Å²) in [5.41, 5.74) is 3.05. The van der Waals surface area contributed by atoms with Crippen molar-refractivity contribution in [1.29, 1.82) is 0 Å². The Balaban J connectivity index is 2.25. The Morgan fingerprint density at radius 3 is 2.91 bits per heavy atom. The van der Waals surface area contributed by atoms with Gasteiger partial charge in [-0.3, -0.25) is 4.79 Å². The van der Waals surface area contributed by atoms with Crippen molar-refractivity contribution < 1.29 is 0 Å². The molecule has 0 aliphatic rings. The standard InChI is InChI=1S/C17H14ClN3OS/c1-12-7-9-19-15(11-12)21-16(22)13-5-2-3-6-14(13)20-17(21)23-10-4-8-18/h2-9,11H,10H2,1H3/b8-4+. The highest BCUT2D eigenvalue weighted by Gasteiger charge is 2.13. The van der Waals surface area contributed by atoms with Crippen LogP contribution in [0.4, 0.5) is 0 Å². The van der Waals surface area contributed by atoms with E-state index in [9.17, 15) is 4.79 Å². The summed E-state index contributed by atoms with van der Waals surface area (Å²) in [7, 11) is 0. The number of aryl methyl sites for hydroxylation is 1. The third-order valence-electron chi connectivity index (χ3n) is 3.27. The van der Waals surface area contributed by atoms with Gasteiger partial charge in [0, 0.05) is 17.5 Å². The van der Waals surface area contributed by atoms with Gasteiger partial charge in [0.15, 0.2) is 5.16 Å². The van der Waals surface area contributed by atoms with Crippen LogP contribution in [0.5, 0.6) is 0 Å². The van der Waals surface area contributed by atoms with Crippen LogP contribution < -0.4 is 5.56 Å². The highest BCUT2D eigenvalue weighted by atomic mass is 35.5. The first-order valence-electron chi connectivity index (χ1n) is 7.03. The average Bonchev–Trinajstić information content (AvgIpc) is 2.55. The van der Waals surface area contributed by atoms with Crippen LogP contribution in [0, 0.1) is 6.92 Å². The number of rotatable bonds is 4.